The Bertz CT molecular complexity index is 1770. The van der Waals surface area contributed by atoms with Gasteiger partial charge in [0.25, 0.3) is 0 Å². The predicted octanol–water partition coefficient (Wildman–Crippen LogP) is 5.07. The molecule has 0 saturated heterocycles. The zero-order valence-corrected chi connectivity index (χ0v) is 27.4. The Balaban J connectivity index is 1.69. The summed E-state index contributed by atoms with van der Waals surface area (Å²) in [5, 5.41) is 15.9. The van der Waals surface area contributed by atoms with Crippen molar-refractivity contribution >= 4 is 47.0 Å². The summed E-state index contributed by atoms with van der Waals surface area (Å²) in [7, 11) is 2.79. The van der Waals surface area contributed by atoms with Crippen molar-refractivity contribution in [1.82, 2.24) is 15.3 Å². The molecule has 1 aromatic heterocycles. The minimum absolute atomic E-state index is 0.0375. The quantitative estimate of drug-likeness (QED) is 0.114. The van der Waals surface area contributed by atoms with Gasteiger partial charge in [0.1, 0.15) is 30.4 Å². The molecule has 2 atom stereocenters. The van der Waals surface area contributed by atoms with E-state index in [1.807, 2.05) is 0 Å². The van der Waals surface area contributed by atoms with E-state index in [2.05, 4.69) is 26.7 Å². The number of ether oxygens (including phenoxy) is 3. The molecule has 1 amide bonds. The second-order valence-electron chi connectivity index (χ2n) is 11.0. The third kappa shape index (κ3) is 8.84. The Kier molecular flexibility index (Phi) is 12.4. The van der Waals surface area contributed by atoms with Gasteiger partial charge in [-0.1, -0.05) is 36.6 Å². The number of benzene rings is 2. The zero-order valence-electron chi connectivity index (χ0n) is 26.7. The Morgan fingerprint density at radius 3 is 2.62 bits per heavy atom. The molecular formula is C34H35ClFN5O7. The van der Waals surface area contributed by atoms with E-state index in [1.54, 1.807) is 18.2 Å². The number of amides is 1. The fourth-order valence-electron chi connectivity index (χ4n) is 5.30. The van der Waals surface area contributed by atoms with Crippen LogP contribution in [0.2, 0.25) is 5.02 Å². The summed E-state index contributed by atoms with van der Waals surface area (Å²) in [5.74, 6) is -2.48. The third-order valence-corrected chi connectivity index (χ3v) is 7.98. The summed E-state index contributed by atoms with van der Waals surface area (Å²) in [6.45, 7) is 1.65. The van der Waals surface area contributed by atoms with Gasteiger partial charge in [-0.15, -0.1) is 0 Å². The standard InChI is InChI=1S/C34H35ClFN5O7/c1-19(42)21-10-12-24(35)31(36)22(21)11-13-29(43)39-25-6-4-5-7-26(34(45)47-3)38-27-16-20(17-30(44)48-15-14-46-2)8-9-23(27)32-28(18-37)40-33(25)41-32/h8-13,16,25-26,38H,4-7,14-15,17H2,1-3H3,(H,39,43)(H,40,41)/b13-11+/t25-,26+/m0/s1. The van der Waals surface area contributed by atoms with Crippen LogP contribution in [0.25, 0.3) is 17.3 Å². The molecule has 48 heavy (non-hydrogen) atoms. The van der Waals surface area contributed by atoms with Crippen LogP contribution in [0.15, 0.2) is 36.4 Å². The summed E-state index contributed by atoms with van der Waals surface area (Å²) in [6, 6.07) is 8.38. The second kappa shape index (κ2) is 16.7. The van der Waals surface area contributed by atoms with Crippen LogP contribution in [0.5, 0.6) is 0 Å². The van der Waals surface area contributed by atoms with Crippen LogP contribution in [0, 0.1) is 17.1 Å². The fraction of sp³-hybridized carbons (Fsp3) is 0.353. The number of anilines is 1. The van der Waals surface area contributed by atoms with E-state index in [0.29, 0.717) is 54.0 Å². The average molecular weight is 680 g/mol. The van der Waals surface area contributed by atoms with Crippen molar-refractivity contribution in [2.75, 3.05) is 32.8 Å². The molecule has 14 heteroatoms. The number of aromatic nitrogens is 2. The summed E-state index contributed by atoms with van der Waals surface area (Å²) in [5.41, 5.74) is 1.86. The molecule has 1 aliphatic rings. The highest BCUT2D eigenvalue weighted by molar-refractivity contribution is 6.31. The number of methoxy groups -OCH3 is 2. The summed E-state index contributed by atoms with van der Waals surface area (Å²) < 4.78 is 29.9. The minimum Gasteiger partial charge on any atom is -0.467 e. The molecule has 2 aromatic carbocycles. The molecule has 252 valence electrons. The van der Waals surface area contributed by atoms with E-state index >= 15 is 0 Å². The zero-order chi connectivity index (χ0) is 34.8. The number of nitriles is 1. The van der Waals surface area contributed by atoms with Gasteiger partial charge >= 0.3 is 11.9 Å². The van der Waals surface area contributed by atoms with E-state index in [9.17, 15) is 28.8 Å². The van der Waals surface area contributed by atoms with E-state index in [0.717, 1.165) is 6.08 Å². The first-order chi connectivity index (χ1) is 23.1. The van der Waals surface area contributed by atoms with Crippen LogP contribution < -0.4 is 10.6 Å². The number of imidazole rings is 1. The van der Waals surface area contributed by atoms with Gasteiger partial charge in [-0.2, -0.15) is 5.26 Å². The van der Waals surface area contributed by atoms with Crippen LogP contribution in [-0.2, 0) is 35.0 Å². The molecular weight excluding hydrogens is 645 g/mol. The topological polar surface area (TPSA) is 172 Å². The van der Waals surface area contributed by atoms with E-state index < -0.39 is 41.5 Å². The number of carbonyl (C=O) groups is 4. The van der Waals surface area contributed by atoms with Gasteiger partial charge < -0.3 is 29.8 Å². The van der Waals surface area contributed by atoms with Gasteiger partial charge in [0.05, 0.1) is 36.9 Å². The molecule has 0 aliphatic carbocycles. The van der Waals surface area contributed by atoms with Crippen molar-refractivity contribution in [2.45, 2.75) is 51.1 Å². The highest BCUT2D eigenvalue weighted by Gasteiger charge is 2.27. The molecule has 2 heterocycles. The first kappa shape index (κ1) is 35.8. The fourth-order valence-corrected chi connectivity index (χ4v) is 5.46. The van der Waals surface area contributed by atoms with Gasteiger partial charge in [-0.25, -0.2) is 14.2 Å². The minimum atomic E-state index is -0.827. The number of fused-ring (bicyclic) bond motifs is 4. The number of ketones is 1. The van der Waals surface area contributed by atoms with Crippen LogP contribution in [0.1, 0.15) is 71.7 Å². The smallest absolute Gasteiger partial charge is 0.328 e. The average Bonchev–Trinajstić information content (AvgIpc) is 3.49. The van der Waals surface area contributed by atoms with Gasteiger partial charge in [0.15, 0.2) is 11.5 Å². The van der Waals surface area contributed by atoms with E-state index in [4.69, 9.17) is 25.8 Å². The van der Waals surface area contributed by atoms with Gasteiger partial charge in [-0.05, 0) is 49.6 Å². The number of aromatic amines is 1. The van der Waals surface area contributed by atoms with Crippen LogP contribution >= 0.6 is 11.6 Å². The van der Waals surface area contributed by atoms with Crippen LogP contribution in [-0.4, -0.2) is 67.1 Å². The lowest BCUT2D eigenvalue weighted by Gasteiger charge is -2.22. The van der Waals surface area contributed by atoms with Crippen molar-refractivity contribution in [2.24, 2.45) is 0 Å². The predicted molar refractivity (Wildman–Crippen MR) is 175 cm³/mol. The number of Topliss-reactive ketones (excluding diaryl/α,β-unsaturated/α-hetero) is 1. The molecule has 0 spiro atoms. The lowest BCUT2D eigenvalue weighted by molar-refractivity contribution is -0.144. The number of hydrogen-bond acceptors (Lipinski definition) is 10. The Morgan fingerprint density at radius 1 is 1.15 bits per heavy atom. The lowest BCUT2D eigenvalue weighted by Crippen LogP contribution is -2.31. The van der Waals surface area contributed by atoms with Gasteiger partial charge in [-0.3, -0.25) is 14.4 Å². The van der Waals surface area contributed by atoms with Crippen molar-refractivity contribution in [1.29, 1.82) is 5.26 Å². The van der Waals surface area contributed by atoms with Crippen LogP contribution in [0.3, 0.4) is 0 Å². The monoisotopic (exact) mass is 679 g/mol. The first-order valence-corrected chi connectivity index (χ1v) is 15.5. The molecule has 12 nitrogen and oxygen atoms in total. The molecule has 1 aliphatic heterocycles. The number of rotatable bonds is 10. The van der Waals surface area contributed by atoms with E-state index in [1.165, 1.54) is 39.4 Å². The maximum absolute atomic E-state index is 14.8. The lowest BCUT2D eigenvalue weighted by atomic mass is 10.00. The van der Waals surface area contributed by atoms with E-state index in [-0.39, 0.29) is 41.5 Å². The Labute approximate surface area is 281 Å². The van der Waals surface area contributed by atoms with Gasteiger partial charge in [0, 0.05) is 35.6 Å². The van der Waals surface area contributed by atoms with Crippen LogP contribution in [0.4, 0.5) is 10.1 Å². The highest BCUT2D eigenvalue weighted by atomic mass is 35.5. The number of hydrogen-bond donors (Lipinski definition) is 3. The Morgan fingerprint density at radius 2 is 1.92 bits per heavy atom. The molecule has 0 radical (unpaired) electrons. The number of carbonyl (C=O) groups excluding carboxylic acids is 4. The Hall–Kier alpha value is -5.06. The molecule has 0 fully saturated rings. The maximum Gasteiger partial charge on any atom is 0.328 e. The number of H-pyrrole nitrogens is 1. The third-order valence-electron chi connectivity index (χ3n) is 7.69. The SMILES string of the molecule is COCCOC(=O)Cc1ccc2c(c1)N[C@@H](C(=O)OC)CCCC[C@H](NC(=O)/C=C/c1c(C(C)=O)ccc(Cl)c1F)c1nc(C#N)c-2[nH]1. The number of esters is 2. The normalized spacial score (nSPS) is 16.0. The molecule has 2 bridgehead atoms. The van der Waals surface area contributed by atoms with Crippen molar-refractivity contribution < 1.29 is 37.8 Å². The van der Waals surface area contributed by atoms with Crippen molar-refractivity contribution in [3.8, 4) is 17.3 Å². The summed E-state index contributed by atoms with van der Waals surface area (Å²) in [6.07, 6.45) is 4.08. The molecule has 3 aromatic rings. The second-order valence-corrected chi connectivity index (χ2v) is 11.4. The highest BCUT2D eigenvalue weighted by Crippen LogP contribution is 2.34. The number of nitrogens with one attached hydrogen (secondary N) is 3. The first-order valence-electron chi connectivity index (χ1n) is 15.2. The molecule has 0 saturated carbocycles. The molecule has 4 rings (SSSR count). The number of nitrogens with zero attached hydrogens (tertiary/aromatic N) is 2. The van der Waals surface area contributed by atoms with Crippen molar-refractivity contribution in [3.63, 3.8) is 0 Å². The maximum atomic E-state index is 14.8. The molecule has 3 N–H and O–H groups in total. The van der Waals surface area contributed by atoms with Crippen molar-refractivity contribution in [3.05, 3.63) is 75.5 Å². The molecule has 0 unspecified atom stereocenters. The summed E-state index contributed by atoms with van der Waals surface area (Å²) in [4.78, 5) is 58.0. The summed E-state index contributed by atoms with van der Waals surface area (Å²) >= 11 is 5.91. The van der Waals surface area contributed by atoms with Gasteiger partial charge in [0.2, 0.25) is 5.91 Å². The number of halogens is 2. The largest absolute Gasteiger partial charge is 0.467 e.